The van der Waals surface area contributed by atoms with E-state index in [1.54, 1.807) is 0 Å². The molecule has 0 spiro atoms. The van der Waals surface area contributed by atoms with E-state index in [1.807, 2.05) is 0 Å². The Hall–Kier alpha value is -2.89. The zero-order valence-electron chi connectivity index (χ0n) is 15.1. The van der Waals surface area contributed by atoms with Gasteiger partial charge in [-0.25, -0.2) is 23.5 Å². The monoisotopic (exact) mass is 457 g/mol. The van der Waals surface area contributed by atoms with E-state index < -0.39 is 21.8 Å². The number of hydrogen-bond donors (Lipinski definition) is 3. The number of hydrogen-bond acceptors (Lipinski definition) is 6. The number of nitrogens with zero attached hydrogens (tertiary/aromatic N) is 2. The number of nitrogens with one attached hydrogen (secondary N) is 2. The third-order valence-electron chi connectivity index (χ3n) is 3.97. The highest BCUT2D eigenvalue weighted by atomic mass is 35.5. The summed E-state index contributed by atoms with van der Waals surface area (Å²) in [6, 6.07) is 10.2. The van der Waals surface area contributed by atoms with Crippen molar-refractivity contribution in [3.63, 3.8) is 0 Å². The Morgan fingerprint density at radius 2 is 1.60 bits per heavy atom. The summed E-state index contributed by atoms with van der Waals surface area (Å²) in [5, 5.41) is 11.0. The normalized spacial score (nSPS) is 11.9. The van der Waals surface area contributed by atoms with E-state index in [-0.39, 0.29) is 10.8 Å². The fourth-order valence-corrected chi connectivity index (χ4v) is 3.26. The van der Waals surface area contributed by atoms with Crippen molar-refractivity contribution in [1.29, 1.82) is 0 Å². The van der Waals surface area contributed by atoms with Crippen LogP contribution in [-0.4, -0.2) is 18.4 Å². The van der Waals surface area contributed by atoms with Crippen molar-refractivity contribution >= 4 is 44.6 Å². The average molecular weight is 458 g/mol. The van der Waals surface area contributed by atoms with E-state index in [4.69, 9.17) is 16.7 Å². The van der Waals surface area contributed by atoms with Gasteiger partial charge in [0.1, 0.15) is 18.0 Å². The maximum Gasteiger partial charge on any atom is 0.416 e. The maximum atomic E-state index is 12.7. The lowest BCUT2D eigenvalue weighted by atomic mass is 10.2. The highest BCUT2D eigenvalue weighted by Gasteiger charge is 2.29. The van der Waals surface area contributed by atoms with E-state index in [0.29, 0.717) is 28.6 Å². The topological polar surface area (TPSA) is 110 Å². The molecule has 3 rings (SSSR count). The molecule has 0 aliphatic carbocycles. The minimum absolute atomic E-state index is 0.101. The molecule has 30 heavy (non-hydrogen) atoms. The van der Waals surface area contributed by atoms with Crippen molar-refractivity contribution in [2.45, 2.75) is 17.0 Å². The van der Waals surface area contributed by atoms with Crippen molar-refractivity contribution in [1.82, 2.24) is 9.97 Å². The van der Waals surface area contributed by atoms with Gasteiger partial charge in [-0.05, 0) is 42.0 Å². The van der Waals surface area contributed by atoms with E-state index in [1.165, 1.54) is 42.7 Å². The van der Waals surface area contributed by atoms with Gasteiger partial charge in [-0.15, -0.1) is 11.6 Å². The zero-order valence-corrected chi connectivity index (χ0v) is 16.7. The predicted octanol–water partition coefficient (Wildman–Crippen LogP) is 4.37. The Balaban J connectivity index is 1.83. The molecular weight excluding hydrogens is 443 g/mol. The molecule has 1 aromatic heterocycles. The lowest BCUT2D eigenvalue weighted by molar-refractivity contribution is -0.137. The van der Waals surface area contributed by atoms with Crippen LogP contribution in [0.25, 0.3) is 0 Å². The molecule has 0 saturated heterocycles. The van der Waals surface area contributed by atoms with Gasteiger partial charge < -0.3 is 10.6 Å². The van der Waals surface area contributed by atoms with Gasteiger partial charge in [0.2, 0.25) is 10.0 Å². The molecule has 0 saturated carbocycles. The number of nitrogens with two attached hydrogens (primary N) is 1. The van der Waals surface area contributed by atoms with Crippen LogP contribution in [0.1, 0.15) is 11.1 Å². The lowest BCUT2D eigenvalue weighted by Gasteiger charge is -2.13. The molecule has 3 aromatic rings. The summed E-state index contributed by atoms with van der Waals surface area (Å²) in [5.41, 5.74) is 0.627. The molecular formula is C18H15ClF3N5O2S. The number of anilines is 4. The van der Waals surface area contributed by atoms with Crippen molar-refractivity contribution in [2.24, 2.45) is 5.14 Å². The van der Waals surface area contributed by atoms with Gasteiger partial charge in [-0.3, -0.25) is 0 Å². The average Bonchev–Trinajstić information content (AvgIpc) is 2.67. The summed E-state index contributed by atoms with van der Waals surface area (Å²) in [7, 11) is -3.91. The lowest BCUT2D eigenvalue weighted by Crippen LogP contribution is -2.12. The summed E-state index contributed by atoms with van der Waals surface area (Å²) >= 11 is 5.90. The summed E-state index contributed by atoms with van der Waals surface area (Å²) in [5.74, 6) is 0.717. The smallest absolute Gasteiger partial charge is 0.340 e. The molecule has 7 nitrogen and oxygen atoms in total. The second-order valence-electron chi connectivity index (χ2n) is 6.11. The van der Waals surface area contributed by atoms with Crippen LogP contribution in [-0.2, 0) is 22.1 Å². The Morgan fingerprint density at radius 1 is 0.967 bits per heavy atom. The van der Waals surface area contributed by atoms with Crippen LogP contribution in [0, 0.1) is 0 Å². The van der Waals surface area contributed by atoms with Crippen molar-refractivity contribution in [2.75, 3.05) is 10.6 Å². The molecule has 12 heteroatoms. The molecule has 0 aliphatic rings. The number of alkyl halides is 4. The number of sulfonamides is 1. The van der Waals surface area contributed by atoms with Gasteiger partial charge in [0.25, 0.3) is 0 Å². The van der Waals surface area contributed by atoms with Gasteiger partial charge in [0, 0.05) is 23.3 Å². The molecule has 0 fully saturated rings. The van der Waals surface area contributed by atoms with Crippen LogP contribution in [0.15, 0.2) is 59.8 Å². The SMILES string of the molecule is NS(=O)(=O)c1ccc(CCl)c(Nc2cc(Nc3ccc(C(F)(F)F)cc3)ncn2)c1. The van der Waals surface area contributed by atoms with E-state index >= 15 is 0 Å². The van der Waals surface area contributed by atoms with E-state index in [2.05, 4.69) is 20.6 Å². The summed E-state index contributed by atoms with van der Waals surface area (Å²) in [4.78, 5) is 7.97. The number of aromatic nitrogens is 2. The number of benzene rings is 2. The predicted molar refractivity (Wildman–Crippen MR) is 107 cm³/mol. The fraction of sp³-hybridized carbons (Fsp3) is 0.111. The molecule has 4 N–H and O–H groups in total. The summed E-state index contributed by atoms with van der Waals surface area (Å²) in [6.45, 7) is 0. The Kier molecular flexibility index (Phi) is 6.15. The van der Waals surface area contributed by atoms with E-state index in [0.717, 1.165) is 12.1 Å². The minimum Gasteiger partial charge on any atom is -0.340 e. The van der Waals surface area contributed by atoms with Crippen LogP contribution >= 0.6 is 11.6 Å². The van der Waals surface area contributed by atoms with Gasteiger partial charge in [-0.2, -0.15) is 13.2 Å². The third kappa shape index (κ3) is 5.38. The summed E-state index contributed by atoms with van der Waals surface area (Å²) in [6.07, 6.45) is -3.19. The Labute approximate surface area is 175 Å². The quantitative estimate of drug-likeness (QED) is 0.474. The molecule has 2 aromatic carbocycles. The third-order valence-corrected chi connectivity index (χ3v) is 5.17. The summed E-state index contributed by atoms with van der Waals surface area (Å²) < 4.78 is 61.2. The standard InChI is InChI=1S/C18H15ClF3N5O2S/c19-9-11-1-6-14(30(23,28)29)7-15(11)27-17-8-16(24-10-25-17)26-13-4-2-12(3-5-13)18(20,21)22/h1-8,10H,9H2,(H2,23,28,29)(H2,24,25,26,27). The Bertz CT molecular complexity index is 1160. The largest absolute Gasteiger partial charge is 0.416 e. The maximum absolute atomic E-state index is 12.7. The van der Waals surface area contributed by atoms with Gasteiger partial charge in [0.05, 0.1) is 10.5 Å². The van der Waals surface area contributed by atoms with Crippen LogP contribution in [0.2, 0.25) is 0 Å². The second-order valence-corrected chi connectivity index (χ2v) is 7.94. The van der Waals surface area contributed by atoms with Crippen LogP contribution in [0.3, 0.4) is 0 Å². The van der Waals surface area contributed by atoms with Gasteiger partial charge >= 0.3 is 6.18 Å². The highest BCUT2D eigenvalue weighted by Crippen LogP contribution is 2.30. The number of primary sulfonamides is 1. The van der Waals surface area contributed by atoms with Gasteiger partial charge in [0.15, 0.2) is 0 Å². The molecule has 0 unspecified atom stereocenters. The second kappa shape index (κ2) is 8.46. The first kappa shape index (κ1) is 21.8. The van der Waals surface area contributed by atoms with Crippen LogP contribution < -0.4 is 15.8 Å². The molecule has 0 amide bonds. The molecule has 0 bridgehead atoms. The van der Waals surface area contributed by atoms with Crippen LogP contribution in [0.5, 0.6) is 0 Å². The number of rotatable bonds is 6. The number of halogens is 4. The van der Waals surface area contributed by atoms with Crippen molar-refractivity contribution in [3.05, 3.63) is 66.0 Å². The first-order valence-electron chi connectivity index (χ1n) is 8.31. The van der Waals surface area contributed by atoms with E-state index in [9.17, 15) is 21.6 Å². The molecule has 0 radical (unpaired) electrons. The first-order valence-corrected chi connectivity index (χ1v) is 10.4. The Morgan fingerprint density at radius 3 is 2.17 bits per heavy atom. The molecule has 158 valence electrons. The molecule has 0 atom stereocenters. The van der Waals surface area contributed by atoms with Crippen LogP contribution in [0.4, 0.5) is 36.2 Å². The van der Waals surface area contributed by atoms with Gasteiger partial charge in [-0.1, -0.05) is 6.07 Å². The fourth-order valence-electron chi connectivity index (χ4n) is 2.49. The molecule has 1 heterocycles. The highest BCUT2D eigenvalue weighted by molar-refractivity contribution is 7.89. The first-order chi connectivity index (χ1) is 14.1. The minimum atomic E-state index is -4.42. The van der Waals surface area contributed by atoms with Crippen molar-refractivity contribution < 1.29 is 21.6 Å². The zero-order chi connectivity index (χ0) is 21.9. The molecule has 0 aliphatic heterocycles. The van der Waals surface area contributed by atoms with Crippen molar-refractivity contribution in [3.8, 4) is 0 Å².